The Morgan fingerprint density at radius 3 is 2.55 bits per heavy atom. The van der Waals surface area contributed by atoms with Crippen molar-refractivity contribution >= 4 is 5.97 Å². The van der Waals surface area contributed by atoms with E-state index in [-0.39, 0.29) is 13.0 Å². The summed E-state index contributed by atoms with van der Waals surface area (Å²) in [5, 5.41) is 28.0. The average Bonchev–Trinajstić information content (AvgIpc) is 1.94. The summed E-state index contributed by atoms with van der Waals surface area (Å²) in [6, 6.07) is 0. The molecule has 0 amide bonds. The summed E-state index contributed by atoms with van der Waals surface area (Å²) in [5.41, 5.74) is 0. The van der Waals surface area contributed by atoms with Gasteiger partial charge in [-0.25, -0.2) is 0 Å². The van der Waals surface area contributed by atoms with E-state index < -0.39 is 24.3 Å². The molecule has 0 saturated carbocycles. The van der Waals surface area contributed by atoms with Gasteiger partial charge in [-0.3, -0.25) is 0 Å². The van der Waals surface area contributed by atoms with Crippen LogP contribution in [0, 0.1) is 0 Å². The number of carbonyl (C=O) groups is 1. The standard InChI is InChI=1S/C6H10O5/c7-3-1-5(6(9)10)11-2-4(3)8/h3-5,7-8H,1-2H2,(H,9,10)/p-1/t3-,4?,5?/m0/s1. The first-order chi connectivity index (χ1) is 5.11. The fraction of sp³-hybridized carbons (Fsp3) is 0.833. The van der Waals surface area contributed by atoms with Gasteiger partial charge in [0.2, 0.25) is 0 Å². The lowest BCUT2D eigenvalue weighted by Crippen LogP contribution is -2.48. The Kier molecular flexibility index (Phi) is 2.43. The minimum absolute atomic E-state index is 0.108. The molecule has 1 saturated heterocycles. The van der Waals surface area contributed by atoms with Gasteiger partial charge < -0.3 is 24.9 Å². The molecule has 1 fully saturated rings. The first-order valence-corrected chi connectivity index (χ1v) is 3.30. The molecule has 2 unspecified atom stereocenters. The second-order valence-electron chi connectivity index (χ2n) is 2.51. The minimum atomic E-state index is -1.35. The van der Waals surface area contributed by atoms with Gasteiger partial charge >= 0.3 is 0 Å². The van der Waals surface area contributed by atoms with Gasteiger partial charge in [-0.1, -0.05) is 0 Å². The maximum Gasteiger partial charge on any atom is 0.103 e. The Morgan fingerprint density at radius 2 is 2.09 bits per heavy atom. The molecule has 1 heterocycles. The molecule has 0 bridgehead atoms. The molecule has 0 aromatic carbocycles. The number of aliphatic hydroxyl groups excluding tert-OH is 2. The summed E-state index contributed by atoms with van der Waals surface area (Å²) in [6.07, 6.45) is -3.20. The van der Waals surface area contributed by atoms with E-state index in [4.69, 9.17) is 10.2 Å². The number of aliphatic hydroxyl groups is 2. The molecule has 0 radical (unpaired) electrons. The molecule has 1 rings (SSSR count). The van der Waals surface area contributed by atoms with Crippen LogP contribution in [0.3, 0.4) is 0 Å². The third-order valence-corrected chi connectivity index (χ3v) is 1.63. The zero-order valence-electron chi connectivity index (χ0n) is 5.77. The topological polar surface area (TPSA) is 89.8 Å². The second kappa shape index (κ2) is 3.17. The van der Waals surface area contributed by atoms with Crippen LogP contribution in [-0.4, -0.2) is 41.1 Å². The summed E-state index contributed by atoms with van der Waals surface area (Å²) >= 11 is 0. The van der Waals surface area contributed by atoms with E-state index in [2.05, 4.69) is 4.74 Å². The predicted molar refractivity (Wildman–Crippen MR) is 31.4 cm³/mol. The summed E-state index contributed by atoms with van der Waals surface area (Å²) in [5.74, 6) is -1.35. The van der Waals surface area contributed by atoms with Gasteiger partial charge in [-0.2, -0.15) is 0 Å². The minimum Gasteiger partial charge on any atom is -0.547 e. The number of carbonyl (C=O) groups excluding carboxylic acids is 1. The summed E-state index contributed by atoms with van der Waals surface area (Å²) in [4.78, 5) is 10.2. The summed E-state index contributed by atoms with van der Waals surface area (Å²) in [6.45, 7) is -0.153. The smallest absolute Gasteiger partial charge is 0.103 e. The van der Waals surface area contributed by atoms with Gasteiger partial charge in [0.25, 0.3) is 0 Å². The molecule has 2 N–H and O–H groups in total. The van der Waals surface area contributed by atoms with Crippen LogP contribution in [0.4, 0.5) is 0 Å². The van der Waals surface area contributed by atoms with Crippen molar-refractivity contribution in [3.8, 4) is 0 Å². The van der Waals surface area contributed by atoms with Gasteiger partial charge in [0, 0.05) is 6.42 Å². The first kappa shape index (κ1) is 8.45. The van der Waals surface area contributed by atoms with E-state index >= 15 is 0 Å². The normalized spacial score (nSPS) is 38.5. The fourth-order valence-electron chi connectivity index (χ4n) is 0.935. The zero-order valence-corrected chi connectivity index (χ0v) is 5.77. The van der Waals surface area contributed by atoms with Crippen LogP contribution in [0.1, 0.15) is 6.42 Å². The molecule has 5 nitrogen and oxygen atoms in total. The predicted octanol–water partition coefficient (Wildman–Crippen LogP) is -2.75. The van der Waals surface area contributed by atoms with E-state index in [1.807, 2.05) is 0 Å². The van der Waals surface area contributed by atoms with E-state index in [0.717, 1.165) is 0 Å². The van der Waals surface area contributed by atoms with Crippen molar-refractivity contribution in [2.24, 2.45) is 0 Å². The number of rotatable bonds is 1. The first-order valence-electron chi connectivity index (χ1n) is 3.30. The lowest BCUT2D eigenvalue weighted by atomic mass is 10.0. The molecule has 1 aliphatic heterocycles. The molecule has 0 spiro atoms. The molecule has 5 heteroatoms. The zero-order chi connectivity index (χ0) is 8.43. The van der Waals surface area contributed by atoms with E-state index in [1.165, 1.54) is 0 Å². The maximum absolute atomic E-state index is 10.2. The monoisotopic (exact) mass is 161 g/mol. The highest BCUT2D eigenvalue weighted by molar-refractivity contribution is 5.70. The molecular formula is C6H9O5-. The van der Waals surface area contributed by atoms with Crippen molar-refractivity contribution in [3.05, 3.63) is 0 Å². The quantitative estimate of drug-likeness (QED) is 0.435. The summed E-state index contributed by atoms with van der Waals surface area (Å²) in [7, 11) is 0. The molecular weight excluding hydrogens is 152 g/mol. The van der Waals surface area contributed by atoms with Crippen LogP contribution in [0.25, 0.3) is 0 Å². The van der Waals surface area contributed by atoms with Gasteiger partial charge in [-0.05, 0) is 0 Å². The number of carboxylic acid groups (broad SMARTS) is 1. The maximum atomic E-state index is 10.2. The Morgan fingerprint density at radius 1 is 1.45 bits per heavy atom. The molecule has 0 aliphatic carbocycles. The van der Waals surface area contributed by atoms with Crippen LogP contribution in [0.5, 0.6) is 0 Å². The van der Waals surface area contributed by atoms with Gasteiger partial charge in [0.05, 0.1) is 24.8 Å². The van der Waals surface area contributed by atoms with E-state index in [1.54, 1.807) is 0 Å². The van der Waals surface area contributed by atoms with Crippen molar-refractivity contribution in [2.75, 3.05) is 6.61 Å². The summed E-state index contributed by atoms with van der Waals surface area (Å²) < 4.78 is 4.65. The molecule has 0 aromatic heterocycles. The van der Waals surface area contributed by atoms with Crippen LogP contribution < -0.4 is 5.11 Å². The molecule has 0 aromatic rings. The number of ether oxygens (including phenoxy) is 1. The van der Waals surface area contributed by atoms with Crippen molar-refractivity contribution in [3.63, 3.8) is 0 Å². The Labute approximate surface area is 63.2 Å². The highest BCUT2D eigenvalue weighted by atomic mass is 16.5. The third-order valence-electron chi connectivity index (χ3n) is 1.63. The third kappa shape index (κ3) is 1.89. The second-order valence-corrected chi connectivity index (χ2v) is 2.51. The Hall–Kier alpha value is -0.650. The molecule has 11 heavy (non-hydrogen) atoms. The number of hydrogen-bond donors (Lipinski definition) is 2. The van der Waals surface area contributed by atoms with Crippen molar-refractivity contribution in [1.29, 1.82) is 0 Å². The Balaban J connectivity index is 2.46. The van der Waals surface area contributed by atoms with Crippen LogP contribution >= 0.6 is 0 Å². The molecule has 3 atom stereocenters. The van der Waals surface area contributed by atoms with Crippen molar-refractivity contribution in [2.45, 2.75) is 24.7 Å². The number of hydrogen-bond acceptors (Lipinski definition) is 5. The fourth-order valence-corrected chi connectivity index (χ4v) is 0.935. The highest BCUT2D eigenvalue weighted by Gasteiger charge is 2.28. The largest absolute Gasteiger partial charge is 0.547 e. The van der Waals surface area contributed by atoms with E-state index in [0.29, 0.717) is 0 Å². The number of carboxylic acids is 1. The van der Waals surface area contributed by atoms with Crippen LogP contribution in [0.2, 0.25) is 0 Å². The van der Waals surface area contributed by atoms with Crippen molar-refractivity contribution < 1.29 is 24.9 Å². The van der Waals surface area contributed by atoms with Gasteiger partial charge in [0.15, 0.2) is 0 Å². The molecule has 64 valence electrons. The highest BCUT2D eigenvalue weighted by Crippen LogP contribution is 2.13. The van der Waals surface area contributed by atoms with Crippen LogP contribution in [0.15, 0.2) is 0 Å². The molecule has 1 aliphatic rings. The SMILES string of the molecule is O=C([O-])C1C[C@H](O)C(O)CO1. The Bertz CT molecular complexity index is 157. The lowest BCUT2D eigenvalue weighted by molar-refractivity contribution is -0.321. The van der Waals surface area contributed by atoms with Crippen molar-refractivity contribution in [1.82, 2.24) is 0 Å². The van der Waals surface area contributed by atoms with Gasteiger partial charge in [0.1, 0.15) is 6.10 Å². The average molecular weight is 161 g/mol. The van der Waals surface area contributed by atoms with Gasteiger partial charge in [-0.15, -0.1) is 0 Å². The van der Waals surface area contributed by atoms with Crippen LogP contribution in [-0.2, 0) is 9.53 Å². The lowest BCUT2D eigenvalue weighted by Gasteiger charge is -2.30. The van der Waals surface area contributed by atoms with E-state index in [9.17, 15) is 9.90 Å². The number of aliphatic carboxylic acids is 1.